The van der Waals surface area contributed by atoms with Crippen molar-refractivity contribution in [3.05, 3.63) is 137 Å². The molecule has 73 heavy (non-hydrogen) atoms. The summed E-state index contributed by atoms with van der Waals surface area (Å²) < 4.78 is 60.4. The highest BCUT2D eigenvalue weighted by Gasteiger charge is 2.30. The predicted octanol–water partition coefficient (Wildman–Crippen LogP) is 11.9. The van der Waals surface area contributed by atoms with Gasteiger partial charge in [0, 0.05) is 99.2 Å². The number of nitrogens with one attached hydrogen (secondary N) is 1. The number of halogens is 2. The lowest BCUT2D eigenvalue weighted by Crippen LogP contribution is -2.46. The number of sulfone groups is 1. The van der Waals surface area contributed by atoms with Crippen LogP contribution in [0.3, 0.4) is 0 Å². The molecule has 2 aliphatic heterocycles. The Kier molecular flexibility index (Phi) is 17.8. The maximum absolute atomic E-state index is 15.7. The minimum atomic E-state index is -4.50. The number of aromatic nitrogens is 1. The molecular weight excluding hydrogens is 1030 g/mol. The Hall–Kier alpha value is -4.81. The van der Waals surface area contributed by atoms with Crippen LogP contribution in [0.25, 0.3) is 22.4 Å². The van der Waals surface area contributed by atoms with Gasteiger partial charge in [0.1, 0.15) is 5.82 Å². The maximum Gasteiger partial charge on any atom is 0.469 e. The Bertz CT molecular complexity index is 3040. The van der Waals surface area contributed by atoms with Gasteiger partial charge in [-0.2, -0.15) is 0 Å². The molecule has 388 valence electrons. The van der Waals surface area contributed by atoms with Crippen molar-refractivity contribution in [3.8, 4) is 22.4 Å². The highest BCUT2D eigenvalue weighted by atomic mass is 35.5. The number of likely N-dealkylation sites (tertiary alicyclic amines) is 1. The molecule has 8 rings (SSSR count). The van der Waals surface area contributed by atoms with E-state index in [2.05, 4.69) is 44.3 Å². The molecule has 0 saturated carbocycles. The summed E-state index contributed by atoms with van der Waals surface area (Å²) in [5.74, 6) is -0.740. The Morgan fingerprint density at radius 3 is 2.10 bits per heavy atom. The first-order valence-corrected chi connectivity index (χ1v) is 29.9. The molecule has 19 heteroatoms. The van der Waals surface area contributed by atoms with Crippen molar-refractivity contribution in [1.82, 2.24) is 9.47 Å². The summed E-state index contributed by atoms with van der Waals surface area (Å²) in [4.78, 5) is 41.0. The SMILES string of the molecule is Cc1c(C(=O)O)c(-c2cc(F)cc(N3CCN(c4ccc(Sc5ccc(NC(CCN6CCC(COP(=O)(O)O)CC6)CSc6ccccc6)c(S(C)(=O)=O)c5)cc4)CC3)c2)c(-c2ccc(Cl)cc2)n1C(C)C. The van der Waals surface area contributed by atoms with Crippen LogP contribution in [-0.4, -0.2) is 109 Å². The van der Waals surface area contributed by atoms with Crippen molar-refractivity contribution >= 4 is 75.8 Å². The fraction of sp³-hybridized carbons (Fsp3) is 0.352. The van der Waals surface area contributed by atoms with E-state index in [-0.39, 0.29) is 35.1 Å². The van der Waals surface area contributed by atoms with E-state index in [9.17, 15) is 22.9 Å². The van der Waals surface area contributed by atoms with Crippen LogP contribution >= 0.6 is 42.9 Å². The van der Waals surface area contributed by atoms with Gasteiger partial charge in [0.05, 0.1) is 28.4 Å². The number of aromatic carboxylic acids is 1. The summed E-state index contributed by atoms with van der Waals surface area (Å²) in [5, 5.41) is 14.7. The normalized spacial score (nSPS) is 15.5. The van der Waals surface area contributed by atoms with Gasteiger partial charge >= 0.3 is 13.8 Å². The molecule has 1 atom stereocenters. The highest BCUT2D eigenvalue weighted by molar-refractivity contribution is 7.99. The number of piperazine rings is 1. The number of carboxylic acid groups (broad SMARTS) is 1. The number of nitrogens with zero attached hydrogens (tertiary/aromatic N) is 4. The third kappa shape index (κ3) is 14.1. The fourth-order valence-corrected chi connectivity index (χ4v) is 13.1. The lowest BCUT2D eigenvalue weighted by molar-refractivity contribution is 0.0696. The maximum atomic E-state index is 15.7. The van der Waals surface area contributed by atoms with E-state index >= 15 is 4.39 Å². The average molecular weight is 1090 g/mol. The van der Waals surface area contributed by atoms with Crippen LogP contribution in [0.2, 0.25) is 5.02 Å². The summed E-state index contributed by atoms with van der Waals surface area (Å²) >= 11 is 9.45. The second-order valence-corrected chi connectivity index (χ2v) is 24.9. The highest BCUT2D eigenvalue weighted by Crippen LogP contribution is 2.43. The van der Waals surface area contributed by atoms with Crippen molar-refractivity contribution in [1.29, 1.82) is 0 Å². The molecule has 13 nitrogen and oxygen atoms in total. The molecule has 0 amide bonds. The molecule has 0 aliphatic carbocycles. The number of piperidine rings is 1. The topological polar surface area (TPSA) is 165 Å². The molecule has 1 aromatic heterocycles. The minimum Gasteiger partial charge on any atom is -0.478 e. The van der Waals surface area contributed by atoms with E-state index in [0.29, 0.717) is 70.8 Å². The quantitative estimate of drug-likeness (QED) is 0.0421. The van der Waals surface area contributed by atoms with Gasteiger partial charge in [-0.3, -0.25) is 4.52 Å². The van der Waals surface area contributed by atoms with Crippen LogP contribution in [0.5, 0.6) is 0 Å². The number of anilines is 3. The average Bonchev–Trinajstić information content (AvgIpc) is 3.68. The minimum absolute atomic E-state index is 0.0375. The number of hydrogen-bond acceptors (Lipinski definition) is 11. The molecule has 1 unspecified atom stereocenters. The largest absolute Gasteiger partial charge is 0.478 e. The van der Waals surface area contributed by atoms with E-state index in [1.54, 1.807) is 36.9 Å². The van der Waals surface area contributed by atoms with Crippen LogP contribution in [0.1, 0.15) is 55.2 Å². The Morgan fingerprint density at radius 2 is 1.48 bits per heavy atom. The summed E-state index contributed by atoms with van der Waals surface area (Å²) in [5.41, 5.74) is 5.42. The molecular formula is C54H62ClFN5O8PS3. The van der Waals surface area contributed by atoms with Crippen molar-refractivity contribution < 1.29 is 41.6 Å². The third-order valence-corrected chi connectivity index (χ3v) is 17.5. The van der Waals surface area contributed by atoms with Gasteiger partial charge in [-0.05, 0) is 155 Å². The van der Waals surface area contributed by atoms with Crippen molar-refractivity contribution in [2.24, 2.45) is 5.92 Å². The number of hydrogen-bond donors (Lipinski definition) is 4. The van der Waals surface area contributed by atoms with Crippen LogP contribution in [0.15, 0.2) is 135 Å². The third-order valence-electron chi connectivity index (χ3n) is 13.4. The Balaban J connectivity index is 0.926. The summed E-state index contributed by atoms with van der Waals surface area (Å²) in [7, 11) is -8.13. The van der Waals surface area contributed by atoms with Gasteiger partial charge in [0.25, 0.3) is 0 Å². The molecule has 2 fully saturated rings. The van der Waals surface area contributed by atoms with Gasteiger partial charge in [-0.25, -0.2) is 22.2 Å². The lowest BCUT2D eigenvalue weighted by Gasteiger charge is -2.37. The van der Waals surface area contributed by atoms with E-state index in [0.717, 1.165) is 64.8 Å². The van der Waals surface area contributed by atoms with E-state index in [1.807, 2.05) is 79.1 Å². The number of phosphoric acid groups is 1. The van der Waals surface area contributed by atoms with E-state index in [1.165, 1.54) is 30.2 Å². The van der Waals surface area contributed by atoms with Crippen molar-refractivity contribution in [3.63, 3.8) is 0 Å². The molecule has 6 aromatic rings. The summed E-state index contributed by atoms with van der Waals surface area (Å²) in [6.45, 7) is 10.7. The van der Waals surface area contributed by atoms with Crippen LogP contribution < -0.4 is 15.1 Å². The number of carboxylic acids is 1. The first-order chi connectivity index (χ1) is 34.8. The number of rotatable bonds is 20. The number of thioether (sulfide) groups is 1. The lowest BCUT2D eigenvalue weighted by atomic mass is 9.96. The number of benzene rings is 5. The molecule has 5 aromatic carbocycles. The van der Waals surface area contributed by atoms with Crippen LogP contribution in [0.4, 0.5) is 21.5 Å². The monoisotopic (exact) mass is 1090 g/mol. The zero-order valence-electron chi connectivity index (χ0n) is 41.3. The molecule has 0 bridgehead atoms. The van der Waals surface area contributed by atoms with Gasteiger partial charge < -0.3 is 39.5 Å². The predicted molar refractivity (Wildman–Crippen MR) is 293 cm³/mol. The standard InChI is InChI=1S/C54H62ClFN5O8PS3/c1-36(2)61-37(3)51(54(62)63)52(53(61)39-10-12-41(55)13-11-39)40-30-42(56)32-45(31-40)60-28-26-59(27-29-60)44-14-16-47(17-15-44)72-48-18-19-49(50(33-48)73(4,67)68)57-43(35-71-46-8-6-5-7-9-46)22-25-58-23-20-38(21-24-58)34-69-70(64,65)66/h5-19,30-33,36,38,43,57H,20-29,34-35H2,1-4H3,(H,62,63)(H2,64,65,66). The molecule has 3 heterocycles. The molecule has 0 radical (unpaired) electrons. The van der Waals surface area contributed by atoms with Gasteiger partial charge in [-0.1, -0.05) is 53.7 Å². The zero-order chi connectivity index (χ0) is 52.0. The van der Waals surface area contributed by atoms with Gasteiger partial charge in [0.15, 0.2) is 9.84 Å². The molecule has 2 saturated heterocycles. The Labute approximate surface area is 441 Å². The van der Waals surface area contributed by atoms with E-state index < -0.39 is 29.4 Å². The first-order valence-electron chi connectivity index (χ1n) is 24.3. The number of phosphoric ester groups is 1. The summed E-state index contributed by atoms with van der Waals surface area (Å²) in [6.07, 6.45) is 3.54. The zero-order valence-corrected chi connectivity index (χ0v) is 45.4. The van der Waals surface area contributed by atoms with Gasteiger partial charge in [0.2, 0.25) is 0 Å². The van der Waals surface area contributed by atoms with Gasteiger partial charge in [-0.15, -0.1) is 11.8 Å². The van der Waals surface area contributed by atoms with Crippen molar-refractivity contribution in [2.75, 3.05) is 79.5 Å². The number of carbonyl (C=O) groups is 1. The first kappa shape index (κ1) is 54.5. The second kappa shape index (κ2) is 23.8. The fourth-order valence-electron chi connectivity index (χ4n) is 9.81. The molecule has 4 N–H and O–H groups in total. The smallest absolute Gasteiger partial charge is 0.469 e. The summed E-state index contributed by atoms with van der Waals surface area (Å²) in [6, 6.07) is 35.8. The van der Waals surface area contributed by atoms with Crippen LogP contribution in [-0.2, 0) is 18.9 Å². The molecule has 2 aliphatic rings. The van der Waals surface area contributed by atoms with Crippen molar-refractivity contribution in [2.45, 2.75) is 71.7 Å². The van der Waals surface area contributed by atoms with Crippen LogP contribution in [0, 0.1) is 18.7 Å². The molecule has 0 spiro atoms. The van der Waals surface area contributed by atoms with E-state index in [4.69, 9.17) is 25.9 Å². The Morgan fingerprint density at radius 1 is 0.836 bits per heavy atom. The second-order valence-electron chi connectivity index (χ2n) is 19.0.